The highest BCUT2D eigenvalue weighted by Crippen LogP contribution is 2.26. The fourth-order valence-electron chi connectivity index (χ4n) is 3.56. The van der Waals surface area contributed by atoms with Gasteiger partial charge in [-0.05, 0) is 56.1 Å². The van der Waals surface area contributed by atoms with Crippen molar-refractivity contribution in [2.75, 3.05) is 25.5 Å². The second kappa shape index (κ2) is 9.37. The van der Waals surface area contributed by atoms with E-state index in [1.54, 1.807) is 30.3 Å². The van der Waals surface area contributed by atoms with Crippen LogP contribution >= 0.6 is 11.6 Å². The lowest BCUT2D eigenvalue weighted by Crippen LogP contribution is -2.40. The Bertz CT molecular complexity index is 899. The lowest BCUT2D eigenvalue weighted by Gasteiger charge is -2.32. The Morgan fingerprint density at radius 1 is 1.31 bits per heavy atom. The number of esters is 1. The smallest absolute Gasteiger partial charge is 0.337 e. The predicted molar refractivity (Wildman–Crippen MR) is 111 cm³/mol. The number of aryl methyl sites for hydroxylation is 1. The number of amides is 1. The number of piperidine rings is 1. The number of carbonyl (C=O) groups excluding carboxylic acids is 2. The maximum atomic E-state index is 14.1. The molecule has 2 aromatic carbocycles. The number of methoxy groups -OCH3 is 1. The van der Waals surface area contributed by atoms with Gasteiger partial charge in [0.05, 0.1) is 18.6 Å². The number of benzene rings is 2. The van der Waals surface area contributed by atoms with Gasteiger partial charge in [0, 0.05) is 29.4 Å². The van der Waals surface area contributed by atoms with Crippen molar-refractivity contribution in [3.05, 3.63) is 63.9 Å². The fraction of sp³-hybridized carbons (Fsp3) is 0.364. The summed E-state index contributed by atoms with van der Waals surface area (Å²) in [5.74, 6) is -1.12. The molecule has 1 atom stereocenters. The molecule has 1 N–H and O–H groups in total. The van der Waals surface area contributed by atoms with Crippen LogP contribution in [-0.2, 0) is 16.1 Å². The van der Waals surface area contributed by atoms with Crippen molar-refractivity contribution in [2.24, 2.45) is 5.92 Å². The fourth-order valence-corrected chi connectivity index (χ4v) is 3.78. The van der Waals surface area contributed by atoms with Crippen LogP contribution in [0.2, 0.25) is 5.02 Å². The van der Waals surface area contributed by atoms with E-state index in [-0.39, 0.29) is 17.6 Å². The first-order valence-corrected chi connectivity index (χ1v) is 9.92. The van der Waals surface area contributed by atoms with Gasteiger partial charge in [-0.15, -0.1) is 0 Å². The summed E-state index contributed by atoms with van der Waals surface area (Å²) >= 11 is 6.14. The lowest BCUT2D eigenvalue weighted by molar-refractivity contribution is -0.121. The van der Waals surface area contributed by atoms with Gasteiger partial charge < -0.3 is 10.1 Å². The molecule has 1 unspecified atom stereocenters. The SMILES string of the molecule is COC(=O)c1ccc(C)c(NC(=O)C2CCCN(Cc3c(F)cccc3Cl)C2)c1. The van der Waals surface area contributed by atoms with E-state index in [0.717, 1.165) is 24.9 Å². The highest BCUT2D eigenvalue weighted by atomic mass is 35.5. The van der Waals surface area contributed by atoms with Gasteiger partial charge in [0.25, 0.3) is 0 Å². The number of rotatable bonds is 5. The van der Waals surface area contributed by atoms with Gasteiger partial charge in [-0.2, -0.15) is 0 Å². The lowest BCUT2D eigenvalue weighted by atomic mass is 9.96. The summed E-state index contributed by atoms with van der Waals surface area (Å²) in [5.41, 5.74) is 2.29. The Kier molecular flexibility index (Phi) is 6.87. The Hall–Kier alpha value is -2.44. The summed E-state index contributed by atoms with van der Waals surface area (Å²) in [6.07, 6.45) is 1.59. The summed E-state index contributed by atoms with van der Waals surface area (Å²) in [4.78, 5) is 26.7. The second-order valence-electron chi connectivity index (χ2n) is 7.29. The maximum Gasteiger partial charge on any atom is 0.337 e. The minimum absolute atomic E-state index is 0.112. The maximum absolute atomic E-state index is 14.1. The monoisotopic (exact) mass is 418 g/mol. The average Bonchev–Trinajstić information content (AvgIpc) is 2.72. The van der Waals surface area contributed by atoms with Crippen molar-refractivity contribution < 1.29 is 18.7 Å². The molecule has 0 spiro atoms. The van der Waals surface area contributed by atoms with Gasteiger partial charge in [-0.3, -0.25) is 9.69 Å². The van der Waals surface area contributed by atoms with E-state index in [9.17, 15) is 14.0 Å². The largest absolute Gasteiger partial charge is 0.465 e. The first-order chi connectivity index (χ1) is 13.9. The van der Waals surface area contributed by atoms with E-state index in [2.05, 4.69) is 10.2 Å². The second-order valence-corrected chi connectivity index (χ2v) is 7.69. The Balaban J connectivity index is 1.68. The van der Waals surface area contributed by atoms with Crippen LogP contribution in [-0.4, -0.2) is 37.0 Å². The normalized spacial score (nSPS) is 17.0. The zero-order valence-corrected chi connectivity index (χ0v) is 17.3. The van der Waals surface area contributed by atoms with Crippen LogP contribution in [0.4, 0.5) is 10.1 Å². The van der Waals surface area contributed by atoms with Crippen LogP contribution in [0.25, 0.3) is 0 Å². The molecule has 1 aliphatic rings. The minimum atomic E-state index is -0.453. The van der Waals surface area contributed by atoms with Crippen LogP contribution in [0.3, 0.4) is 0 Å². The predicted octanol–water partition coefficient (Wildman–Crippen LogP) is 4.42. The van der Waals surface area contributed by atoms with E-state index in [1.807, 2.05) is 6.92 Å². The Morgan fingerprint density at radius 2 is 2.10 bits per heavy atom. The third kappa shape index (κ3) is 5.14. The number of nitrogens with one attached hydrogen (secondary N) is 1. The van der Waals surface area contributed by atoms with Crippen LogP contribution in [0.15, 0.2) is 36.4 Å². The topological polar surface area (TPSA) is 58.6 Å². The molecule has 1 amide bonds. The van der Waals surface area contributed by atoms with Gasteiger partial charge in [0.15, 0.2) is 0 Å². The van der Waals surface area contributed by atoms with E-state index in [0.29, 0.717) is 34.9 Å². The number of hydrogen-bond acceptors (Lipinski definition) is 4. The number of anilines is 1. The summed E-state index contributed by atoms with van der Waals surface area (Å²) in [6.45, 7) is 3.54. The highest BCUT2D eigenvalue weighted by Gasteiger charge is 2.27. The quantitative estimate of drug-likeness (QED) is 0.730. The molecule has 2 aromatic rings. The van der Waals surface area contributed by atoms with Crippen LogP contribution in [0.1, 0.15) is 34.3 Å². The molecule has 29 heavy (non-hydrogen) atoms. The van der Waals surface area contributed by atoms with Crippen molar-refractivity contribution in [1.29, 1.82) is 0 Å². The van der Waals surface area contributed by atoms with E-state index >= 15 is 0 Å². The highest BCUT2D eigenvalue weighted by molar-refractivity contribution is 6.31. The van der Waals surface area contributed by atoms with Crippen LogP contribution in [0, 0.1) is 18.7 Å². The third-order valence-corrected chi connectivity index (χ3v) is 5.59. The van der Waals surface area contributed by atoms with E-state index in [4.69, 9.17) is 16.3 Å². The summed E-state index contributed by atoms with van der Waals surface area (Å²) in [5, 5.41) is 3.33. The van der Waals surface area contributed by atoms with Gasteiger partial charge in [-0.1, -0.05) is 23.7 Å². The van der Waals surface area contributed by atoms with Crippen molar-refractivity contribution in [3.8, 4) is 0 Å². The summed E-state index contributed by atoms with van der Waals surface area (Å²) < 4.78 is 18.8. The molecule has 1 fully saturated rings. The summed E-state index contributed by atoms with van der Waals surface area (Å²) in [7, 11) is 1.32. The van der Waals surface area contributed by atoms with Crippen molar-refractivity contribution >= 4 is 29.2 Å². The standard InChI is InChI=1S/C22H24ClFN2O3/c1-14-8-9-15(22(28)29-2)11-20(14)25-21(27)16-5-4-10-26(12-16)13-17-18(23)6-3-7-19(17)24/h3,6-9,11,16H,4-5,10,12-13H2,1-2H3,(H,25,27). The Morgan fingerprint density at radius 3 is 2.83 bits per heavy atom. The number of carbonyl (C=O) groups is 2. The molecule has 0 bridgehead atoms. The van der Waals surface area contributed by atoms with Gasteiger partial charge in [0.1, 0.15) is 5.82 Å². The van der Waals surface area contributed by atoms with Crippen molar-refractivity contribution in [3.63, 3.8) is 0 Å². The summed E-state index contributed by atoms with van der Waals surface area (Å²) in [6, 6.07) is 9.71. The molecule has 0 saturated carbocycles. The number of nitrogens with zero attached hydrogens (tertiary/aromatic N) is 1. The molecule has 7 heteroatoms. The number of likely N-dealkylation sites (tertiary alicyclic amines) is 1. The molecule has 3 rings (SSSR count). The van der Waals surface area contributed by atoms with Gasteiger partial charge >= 0.3 is 5.97 Å². The minimum Gasteiger partial charge on any atom is -0.465 e. The molecular weight excluding hydrogens is 395 g/mol. The molecule has 1 saturated heterocycles. The molecule has 154 valence electrons. The number of hydrogen-bond donors (Lipinski definition) is 1. The average molecular weight is 419 g/mol. The van der Waals surface area contributed by atoms with Crippen LogP contribution < -0.4 is 5.32 Å². The number of halogens is 2. The van der Waals surface area contributed by atoms with Crippen LogP contribution in [0.5, 0.6) is 0 Å². The molecule has 0 radical (unpaired) electrons. The molecule has 5 nitrogen and oxygen atoms in total. The molecule has 0 aromatic heterocycles. The van der Waals surface area contributed by atoms with E-state index in [1.165, 1.54) is 13.2 Å². The number of ether oxygens (including phenoxy) is 1. The van der Waals surface area contributed by atoms with Crippen molar-refractivity contribution in [1.82, 2.24) is 4.90 Å². The Labute approximate surface area is 174 Å². The first kappa shape index (κ1) is 21.3. The molecule has 1 heterocycles. The van der Waals surface area contributed by atoms with E-state index < -0.39 is 5.97 Å². The zero-order valence-electron chi connectivity index (χ0n) is 16.5. The third-order valence-electron chi connectivity index (χ3n) is 5.24. The molecule has 0 aliphatic carbocycles. The van der Waals surface area contributed by atoms with Gasteiger partial charge in [-0.25, -0.2) is 9.18 Å². The first-order valence-electron chi connectivity index (χ1n) is 9.54. The molecular formula is C22H24ClFN2O3. The zero-order chi connectivity index (χ0) is 21.0. The van der Waals surface area contributed by atoms with Gasteiger partial charge in [0.2, 0.25) is 5.91 Å². The molecule has 1 aliphatic heterocycles. The van der Waals surface area contributed by atoms with Crippen molar-refractivity contribution in [2.45, 2.75) is 26.3 Å².